The van der Waals surface area contributed by atoms with Gasteiger partial charge >= 0.3 is 0 Å². The molecular formula is C16H32IN3O2. The monoisotopic (exact) mass is 425 g/mol. The number of halogens is 1. The normalized spacial score (nSPS) is 22.2. The summed E-state index contributed by atoms with van der Waals surface area (Å²) >= 11 is 0. The van der Waals surface area contributed by atoms with Gasteiger partial charge in [0.15, 0.2) is 5.96 Å². The maximum absolute atomic E-state index is 10.4. The van der Waals surface area contributed by atoms with Gasteiger partial charge in [-0.05, 0) is 38.0 Å². The average molecular weight is 425 g/mol. The first kappa shape index (κ1) is 20.0. The maximum atomic E-state index is 10.4. The van der Waals surface area contributed by atoms with Crippen molar-refractivity contribution in [2.75, 3.05) is 40.4 Å². The third kappa shape index (κ3) is 6.20. The Labute approximate surface area is 151 Å². The lowest BCUT2D eigenvalue weighted by molar-refractivity contribution is 0.0513. The summed E-state index contributed by atoms with van der Waals surface area (Å²) in [4.78, 5) is 6.51. The van der Waals surface area contributed by atoms with Crippen LogP contribution in [0, 0.1) is 5.92 Å². The van der Waals surface area contributed by atoms with Crippen LogP contribution < -0.4 is 5.32 Å². The summed E-state index contributed by atoms with van der Waals surface area (Å²) in [7, 11) is 3.89. The van der Waals surface area contributed by atoms with Gasteiger partial charge in [-0.3, -0.25) is 4.99 Å². The Balaban J connectivity index is 0.00000242. The molecule has 22 heavy (non-hydrogen) atoms. The number of guanidine groups is 1. The van der Waals surface area contributed by atoms with Gasteiger partial charge in [-0.25, -0.2) is 0 Å². The second kappa shape index (κ2) is 9.93. The van der Waals surface area contributed by atoms with E-state index in [1.54, 1.807) is 0 Å². The van der Waals surface area contributed by atoms with Gasteiger partial charge < -0.3 is 20.1 Å². The van der Waals surface area contributed by atoms with E-state index in [4.69, 9.17) is 4.74 Å². The Bertz CT molecular complexity index is 340. The highest BCUT2D eigenvalue weighted by atomic mass is 127. The van der Waals surface area contributed by atoms with Gasteiger partial charge in [-0.15, -0.1) is 24.0 Å². The van der Waals surface area contributed by atoms with Gasteiger partial charge in [-0.1, -0.05) is 12.8 Å². The first-order valence-corrected chi connectivity index (χ1v) is 8.35. The summed E-state index contributed by atoms with van der Waals surface area (Å²) < 4.78 is 5.40. The van der Waals surface area contributed by atoms with Gasteiger partial charge in [0, 0.05) is 40.4 Å². The van der Waals surface area contributed by atoms with Gasteiger partial charge in [-0.2, -0.15) is 0 Å². The lowest BCUT2D eigenvalue weighted by Crippen LogP contribution is -2.47. The van der Waals surface area contributed by atoms with Crippen LogP contribution in [0.1, 0.15) is 44.9 Å². The number of aliphatic hydroxyl groups is 1. The number of nitrogens with one attached hydrogen (secondary N) is 1. The molecule has 0 aromatic carbocycles. The van der Waals surface area contributed by atoms with Crippen LogP contribution in [-0.4, -0.2) is 62.0 Å². The third-order valence-electron chi connectivity index (χ3n) is 4.90. The lowest BCUT2D eigenvalue weighted by atomic mass is 9.96. The van der Waals surface area contributed by atoms with Crippen molar-refractivity contribution in [3.63, 3.8) is 0 Å². The highest BCUT2D eigenvalue weighted by molar-refractivity contribution is 14.0. The predicted molar refractivity (Wildman–Crippen MR) is 101 cm³/mol. The molecule has 0 aromatic rings. The van der Waals surface area contributed by atoms with Crippen LogP contribution in [0.5, 0.6) is 0 Å². The highest BCUT2D eigenvalue weighted by Gasteiger charge is 2.31. The van der Waals surface area contributed by atoms with Crippen LogP contribution in [0.25, 0.3) is 0 Å². The van der Waals surface area contributed by atoms with Crippen molar-refractivity contribution < 1.29 is 9.84 Å². The third-order valence-corrected chi connectivity index (χ3v) is 4.90. The zero-order valence-corrected chi connectivity index (χ0v) is 16.3. The number of aliphatic imine (C=N–C) groups is 1. The van der Waals surface area contributed by atoms with Gasteiger partial charge in [0.05, 0.1) is 5.60 Å². The van der Waals surface area contributed by atoms with E-state index < -0.39 is 5.60 Å². The molecule has 0 atom stereocenters. The minimum atomic E-state index is -0.530. The topological polar surface area (TPSA) is 57.1 Å². The van der Waals surface area contributed by atoms with E-state index >= 15 is 0 Å². The number of nitrogens with zero attached hydrogens (tertiary/aromatic N) is 2. The van der Waals surface area contributed by atoms with Crippen molar-refractivity contribution in [2.45, 2.75) is 50.5 Å². The van der Waals surface area contributed by atoms with Crippen LogP contribution in [0.3, 0.4) is 0 Å². The van der Waals surface area contributed by atoms with Crippen LogP contribution >= 0.6 is 24.0 Å². The molecule has 1 aliphatic heterocycles. The maximum Gasteiger partial charge on any atom is 0.193 e. The van der Waals surface area contributed by atoms with Gasteiger partial charge in [0.2, 0.25) is 0 Å². The Morgan fingerprint density at radius 3 is 2.55 bits per heavy atom. The van der Waals surface area contributed by atoms with Crippen molar-refractivity contribution in [2.24, 2.45) is 10.9 Å². The number of hydrogen-bond acceptors (Lipinski definition) is 3. The average Bonchev–Trinajstić information content (AvgIpc) is 2.94. The predicted octanol–water partition coefficient (Wildman–Crippen LogP) is 2.23. The van der Waals surface area contributed by atoms with Crippen molar-refractivity contribution in [1.29, 1.82) is 0 Å². The van der Waals surface area contributed by atoms with Crippen molar-refractivity contribution in [3.8, 4) is 0 Å². The van der Waals surface area contributed by atoms with E-state index in [0.717, 1.165) is 57.3 Å². The molecule has 1 heterocycles. The molecule has 0 spiro atoms. The Morgan fingerprint density at radius 2 is 1.95 bits per heavy atom. The molecule has 1 saturated heterocycles. The minimum absolute atomic E-state index is 0. The number of ether oxygens (including phenoxy) is 1. The molecule has 0 radical (unpaired) electrons. The second-order valence-electron chi connectivity index (χ2n) is 6.60. The smallest absolute Gasteiger partial charge is 0.193 e. The molecule has 2 aliphatic rings. The molecule has 0 unspecified atom stereocenters. The fourth-order valence-corrected chi connectivity index (χ4v) is 3.36. The molecule has 2 N–H and O–H groups in total. The SMILES string of the molecule is CN=C(NCC1(O)CCCC1)N(C)CCC1CCOCC1.I. The summed E-state index contributed by atoms with van der Waals surface area (Å²) in [5.74, 6) is 1.67. The molecule has 5 nitrogen and oxygen atoms in total. The van der Waals surface area contributed by atoms with Crippen LogP contribution in [0.2, 0.25) is 0 Å². The van der Waals surface area contributed by atoms with E-state index in [1.165, 1.54) is 19.3 Å². The van der Waals surface area contributed by atoms with Crippen molar-refractivity contribution >= 4 is 29.9 Å². The van der Waals surface area contributed by atoms with E-state index in [1.807, 2.05) is 7.05 Å². The Morgan fingerprint density at radius 1 is 1.32 bits per heavy atom. The zero-order valence-electron chi connectivity index (χ0n) is 14.0. The quantitative estimate of drug-likeness (QED) is 0.403. The zero-order chi connectivity index (χ0) is 15.1. The molecule has 6 heteroatoms. The first-order valence-electron chi connectivity index (χ1n) is 8.35. The molecule has 1 aliphatic carbocycles. The number of hydrogen-bond donors (Lipinski definition) is 2. The van der Waals surface area contributed by atoms with Crippen molar-refractivity contribution in [3.05, 3.63) is 0 Å². The fraction of sp³-hybridized carbons (Fsp3) is 0.938. The molecule has 1 saturated carbocycles. The summed E-state index contributed by atoms with van der Waals surface area (Å²) in [6, 6.07) is 0. The molecule has 2 fully saturated rings. The summed E-state index contributed by atoms with van der Waals surface area (Å²) in [6.45, 7) is 3.44. The Hall–Kier alpha value is -0.0800. The van der Waals surface area contributed by atoms with E-state index in [0.29, 0.717) is 6.54 Å². The first-order chi connectivity index (χ1) is 10.1. The molecular weight excluding hydrogens is 393 g/mol. The Kier molecular flexibility index (Phi) is 9.01. The largest absolute Gasteiger partial charge is 0.388 e. The molecule has 0 aromatic heterocycles. The summed E-state index contributed by atoms with van der Waals surface area (Å²) in [6.07, 6.45) is 7.63. The highest BCUT2D eigenvalue weighted by Crippen LogP contribution is 2.28. The molecule has 0 amide bonds. The summed E-state index contributed by atoms with van der Waals surface area (Å²) in [5, 5.41) is 13.7. The van der Waals surface area contributed by atoms with Gasteiger partial charge in [0.1, 0.15) is 0 Å². The van der Waals surface area contributed by atoms with Gasteiger partial charge in [0.25, 0.3) is 0 Å². The van der Waals surface area contributed by atoms with E-state index in [9.17, 15) is 5.11 Å². The lowest BCUT2D eigenvalue weighted by Gasteiger charge is -2.29. The van der Waals surface area contributed by atoms with Crippen LogP contribution in [0.4, 0.5) is 0 Å². The van der Waals surface area contributed by atoms with Crippen molar-refractivity contribution in [1.82, 2.24) is 10.2 Å². The fourth-order valence-electron chi connectivity index (χ4n) is 3.36. The minimum Gasteiger partial charge on any atom is -0.388 e. The molecule has 0 bridgehead atoms. The molecule has 130 valence electrons. The number of rotatable bonds is 5. The van der Waals surface area contributed by atoms with E-state index in [-0.39, 0.29) is 24.0 Å². The van der Waals surface area contributed by atoms with Crippen LogP contribution in [0.15, 0.2) is 4.99 Å². The van der Waals surface area contributed by atoms with E-state index in [2.05, 4.69) is 22.3 Å². The standard InChI is InChI=1S/C16H31N3O2.HI/c1-17-15(18-13-16(20)8-3-4-9-16)19(2)10-5-14-6-11-21-12-7-14;/h14,20H,3-13H2,1-2H3,(H,17,18);1H. The summed E-state index contributed by atoms with van der Waals surface area (Å²) in [5.41, 5.74) is -0.530. The van der Waals surface area contributed by atoms with Crippen LogP contribution in [-0.2, 0) is 4.74 Å². The molecule has 2 rings (SSSR count). The second-order valence-corrected chi connectivity index (χ2v) is 6.60.